The summed E-state index contributed by atoms with van der Waals surface area (Å²) in [5.74, 6) is -0.848. The first-order valence-electron chi connectivity index (χ1n) is 6.32. The van der Waals surface area contributed by atoms with Gasteiger partial charge < -0.3 is 10.2 Å². The summed E-state index contributed by atoms with van der Waals surface area (Å²) in [5.41, 5.74) is -0.801. The first-order valence-corrected chi connectivity index (χ1v) is 7.31. The highest BCUT2D eigenvalue weighted by atomic mass is 32.2. The van der Waals surface area contributed by atoms with Crippen LogP contribution in [-0.4, -0.2) is 27.5 Å². The lowest BCUT2D eigenvalue weighted by Gasteiger charge is -2.34. The average Bonchev–Trinajstić information content (AvgIpc) is 2.39. The summed E-state index contributed by atoms with van der Waals surface area (Å²) in [4.78, 5) is 11.8. The normalized spacial score (nSPS) is 27.2. The van der Waals surface area contributed by atoms with Gasteiger partial charge >= 0.3 is 5.97 Å². The van der Waals surface area contributed by atoms with Crippen molar-refractivity contribution in [2.75, 3.05) is 5.75 Å². The number of rotatable bonds is 4. The maximum absolute atomic E-state index is 12.8. The Morgan fingerprint density at radius 2 is 1.89 bits per heavy atom. The van der Waals surface area contributed by atoms with Gasteiger partial charge in [-0.1, -0.05) is 0 Å². The number of carboxylic acid groups (broad SMARTS) is 1. The fraction of sp³-hybridized carbons (Fsp3) is 0.500. The summed E-state index contributed by atoms with van der Waals surface area (Å²) in [6, 6.07) is 6.17. The van der Waals surface area contributed by atoms with Crippen LogP contribution in [0.25, 0.3) is 0 Å². The van der Waals surface area contributed by atoms with Crippen molar-refractivity contribution in [3.8, 4) is 0 Å². The van der Waals surface area contributed by atoms with Crippen LogP contribution in [0.4, 0.5) is 4.39 Å². The molecule has 0 aromatic heterocycles. The van der Waals surface area contributed by atoms with Crippen molar-refractivity contribution >= 4 is 17.7 Å². The van der Waals surface area contributed by atoms with Crippen LogP contribution in [0.5, 0.6) is 0 Å². The first kappa shape index (κ1) is 14.3. The molecule has 3 nitrogen and oxygen atoms in total. The standard InChI is InChI=1S/C14H17FO3S/c15-11-1-3-12(4-2-11)19-9-14(18)7-5-10(6-8-14)13(16)17/h1-4,10,18H,5-9H2,(H,16,17). The minimum atomic E-state index is -0.801. The minimum absolute atomic E-state index is 0.273. The molecule has 0 bridgehead atoms. The first-order chi connectivity index (χ1) is 8.98. The van der Waals surface area contributed by atoms with Crippen LogP contribution in [0.15, 0.2) is 29.2 Å². The van der Waals surface area contributed by atoms with Crippen LogP contribution >= 0.6 is 11.8 Å². The number of carboxylic acids is 1. The lowest BCUT2D eigenvalue weighted by atomic mass is 9.80. The summed E-state index contributed by atoms with van der Waals surface area (Å²) >= 11 is 1.48. The molecule has 0 heterocycles. The quantitative estimate of drug-likeness (QED) is 0.835. The Morgan fingerprint density at radius 1 is 1.32 bits per heavy atom. The van der Waals surface area contributed by atoms with Gasteiger partial charge in [-0.25, -0.2) is 4.39 Å². The van der Waals surface area contributed by atoms with Gasteiger partial charge in [0.2, 0.25) is 0 Å². The van der Waals surface area contributed by atoms with Gasteiger partial charge in [-0.05, 0) is 49.9 Å². The number of halogens is 1. The van der Waals surface area contributed by atoms with Crippen LogP contribution < -0.4 is 0 Å². The maximum Gasteiger partial charge on any atom is 0.306 e. The smallest absolute Gasteiger partial charge is 0.306 e. The maximum atomic E-state index is 12.8. The van der Waals surface area contributed by atoms with Crippen LogP contribution in [-0.2, 0) is 4.79 Å². The highest BCUT2D eigenvalue weighted by Gasteiger charge is 2.35. The molecule has 1 aliphatic rings. The molecule has 0 unspecified atom stereocenters. The lowest BCUT2D eigenvalue weighted by Crippen LogP contribution is -2.38. The van der Waals surface area contributed by atoms with E-state index in [1.165, 1.54) is 23.9 Å². The zero-order valence-electron chi connectivity index (χ0n) is 10.5. The molecule has 0 aliphatic heterocycles. The van der Waals surface area contributed by atoms with E-state index in [1.807, 2.05) is 0 Å². The number of hydrogen-bond acceptors (Lipinski definition) is 3. The van der Waals surface area contributed by atoms with E-state index in [-0.39, 0.29) is 11.7 Å². The van der Waals surface area contributed by atoms with E-state index < -0.39 is 11.6 Å². The third-order valence-corrected chi connectivity index (χ3v) is 4.87. The van der Waals surface area contributed by atoms with Crippen molar-refractivity contribution in [2.45, 2.75) is 36.2 Å². The third kappa shape index (κ3) is 3.94. The number of carbonyl (C=O) groups is 1. The van der Waals surface area contributed by atoms with E-state index in [9.17, 15) is 14.3 Å². The summed E-state index contributed by atoms with van der Waals surface area (Å²) in [6.45, 7) is 0. The highest BCUT2D eigenvalue weighted by molar-refractivity contribution is 7.99. The van der Waals surface area contributed by atoms with Gasteiger partial charge in [0.15, 0.2) is 0 Å². The minimum Gasteiger partial charge on any atom is -0.481 e. The summed E-state index contributed by atoms with van der Waals surface area (Å²) < 4.78 is 12.8. The van der Waals surface area contributed by atoms with Gasteiger partial charge in [0.05, 0.1) is 11.5 Å². The molecule has 5 heteroatoms. The second kappa shape index (κ2) is 5.92. The summed E-state index contributed by atoms with van der Waals surface area (Å²) in [7, 11) is 0. The molecule has 0 spiro atoms. The molecular weight excluding hydrogens is 267 g/mol. The van der Waals surface area contributed by atoms with Crippen molar-refractivity contribution in [2.24, 2.45) is 5.92 Å². The molecule has 2 N–H and O–H groups in total. The third-order valence-electron chi connectivity index (χ3n) is 3.59. The summed E-state index contributed by atoms with van der Waals surface area (Å²) in [5, 5.41) is 19.3. The van der Waals surface area contributed by atoms with Gasteiger partial charge in [0.25, 0.3) is 0 Å². The molecule has 0 radical (unpaired) electrons. The Balaban J connectivity index is 1.86. The predicted octanol–water partition coefficient (Wildman–Crippen LogP) is 2.92. The lowest BCUT2D eigenvalue weighted by molar-refractivity contribution is -0.144. The van der Waals surface area contributed by atoms with E-state index in [1.54, 1.807) is 12.1 Å². The Morgan fingerprint density at radius 3 is 2.42 bits per heavy atom. The molecule has 1 fully saturated rings. The van der Waals surface area contributed by atoms with E-state index in [0.29, 0.717) is 31.4 Å². The molecule has 19 heavy (non-hydrogen) atoms. The largest absolute Gasteiger partial charge is 0.481 e. The van der Waals surface area contributed by atoms with E-state index in [0.717, 1.165) is 4.90 Å². The number of aliphatic carboxylic acids is 1. The Kier molecular flexibility index (Phi) is 4.47. The monoisotopic (exact) mass is 284 g/mol. The molecule has 2 rings (SSSR count). The second-order valence-corrected chi connectivity index (χ2v) is 6.13. The molecule has 0 atom stereocenters. The van der Waals surface area contributed by atoms with Crippen molar-refractivity contribution in [3.63, 3.8) is 0 Å². The van der Waals surface area contributed by atoms with Gasteiger partial charge in [-0.2, -0.15) is 0 Å². The number of thioether (sulfide) groups is 1. The topological polar surface area (TPSA) is 57.5 Å². The van der Waals surface area contributed by atoms with Crippen molar-refractivity contribution < 1.29 is 19.4 Å². The zero-order valence-corrected chi connectivity index (χ0v) is 11.3. The summed E-state index contributed by atoms with van der Waals surface area (Å²) in [6.07, 6.45) is 2.07. The zero-order chi connectivity index (χ0) is 13.9. The van der Waals surface area contributed by atoms with Crippen molar-refractivity contribution in [1.29, 1.82) is 0 Å². The van der Waals surface area contributed by atoms with Crippen molar-refractivity contribution in [1.82, 2.24) is 0 Å². The van der Waals surface area contributed by atoms with Crippen LogP contribution in [0.3, 0.4) is 0 Å². The van der Waals surface area contributed by atoms with E-state index in [2.05, 4.69) is 0 Å². The average molecular weight is 284 g/mol. The highest BCUT2D eigenvalue weighted by Crippen LogP contribution is 2.36. The van der Waals surface area contributed by atoms with Gasteiger partial charge in [0.1, 0.15) is 5.82 Å². The van der Waals surface area contributed by atoms with E-state index >= 15 is 0 Å². The molecule has 1 saturated carbocycles. The molecule has 104 valence electrons. The van der Waals surface area contributed by atoms with Gasteiger partial charge in [-0.15, -0.1) is 11.8 Å². The van der Waals surface area contributed by atoms with Gasteiger partial charge in [0, 0.05) is 10.6 Å². The van der Waals surface area contributed by atoms with Crippen LogP contribution in [0.1, 0.15) is 25.7 Å². The second-order valence-electron chi connectivity index (χ2n) is 5.08. The van der Waals surface area contributed by atoms with Crippen LogP contribution in [0.2, 0.25) is 0 Å². The fourth-order valence-electron chi connectivity index (χ4n) is 2.29. The van der Waals surface area contributed by atoms with E-state index in [4.69, 9.17) is 5.11 Å². The number of hydrogen-bond donors (Lipinski definition) is 2. The Bertz CT molecular complexity index is 439. The molecule has 0 saturated heterocycles. The Labute approximate surface area is 115 Å². The number of aliphatic hydroxyl groups is 1. The SMILES string of the molecule is O=C(O)C1CCC(O)(CSc2ccc(F)cc2)CC1. The number of benzene rings is 1. The van der Waals surface area contributed by atoms with Crippen molar-refractivity contribution in [3.05, 3.63) is 30.1 Å². The molecule has 1 aromatic carbocycles. The molecule has 1 aromatic rings. The molecular formula is C14H17FO3S. The van der Waals surface area contributed by atoms with Crippen LogP contribution in [0, 0.1) is 11.7 Å². The molecule has 1 aliphatic carbocycles. The fourth-order valence-corrected chi connectivity index (χ4v) is 3.35. The van der Waals surface area contributed by atoms with Gasteiger partial charge in [-0.3, -0.25) is 4.79 Å². The predicted molar refractivity (Wildman–Crippen MR) is 71.7 cm³/mol. The molecule has 0 amide bonds. The Hall–Kier alpha value is -1.07.